The van der Waals surface area contributed by atoms with Crippen LogP contribution in [0.5, 0.6) is 0 Å². The van der Waals surface area contributed by atoms with Crippen LogP contribution in [-0.2, 0) is 7.05 Å². The van der Waals surface area contributed by atoms with Crippen molar-refractivity contribution in [3.8, 4) is 0 Å². The zero-order chi connectivity index (χ0) is 14.5. The Hall–Kier alpha value is -1.40. The topological polar surface area (TPSA) is 42.7 Å². The number of nitrogens with one attached hydrogen (secondary N) is 1. The molecule has 4 nitrogen and oxygen atoms in total. The molecule has 108 valence electrons. The lowest BCUT2D eigenvalue weighted by molar-refractivity contribution is 0.518. The molecule has 0 saturated heterocycles. The van der Waals surface area contributed by atoms with Crippen molar-refractivity contribution in [2.75, 3.05) is 6.54 Å². The summed E-state index contributed by atoms with van der Waals surface area (Å²) in [5, 5.41) is 12.0. The van der Waals surface area contributed by atoms with Crippen LogP contribution in [0.25, 0.3) is 0 Å². The van der Waals surface area contributed by atoms with E-state index in [4.69, 9.17) is 0 Å². The number of halogens is 1. The Balaban J connectivity index is 2.28. The minimum atomic E-state index is -0.187. The quantitative estimate of drug-likeness (QED) is 0.888. The van der Waals surface area contributed by atoms with E-state index in [-0.39, 0.29) is 11.9 Å². The van der Waals surface area contributed by atoms with Crippen LogP contribution in [0, 0.1) is 5.82 Å². The summed E-state index contributed by atoms with van der Waals surface area (Å²) in [6.45, 7) is 4.94. The van der Waals surface area contributed by atoms with E-state index in [1.54, 1.807) is 12.4 Å². The second-order valence-electron chi connectivity index (χ2n) is 4.65. The first-order valence-corrected chi connectivity index (χ1v) is 7.48. The average Bonchev–Trinajstić information content (AvgIpc) is 2.82. The highest BCUT2D eigenvalue weighted by atomic mass is 32.2. The van der Waals surface area contributed by atoms with Crippen LogP contribution in [0.4, 0.5) is 4.39 Å². The molecule has 0 spiro atoms. The van der Waals surface area contributed by atoms with Crippen molar-refractivity contribution in [2.24, 2.45) is 7.05 Å². The lowest BCUT2D eigenvalue weighted by Gasteiger charge is -2.18. The molecule has 0 aliphatic heterocycles. The van der Waals surface area contributed by atoms with Gasteiger partial charge in [-0.15, -0.1) is 10.2 Å². The van der Waals surface area contributed by atoms with Gasteiger partial charge in [-0.1, -0.05) is 13.0 Å². The molecule has 0 aliphatic carbocycles. The van der Waals surface area contributed by atoms with E-state index in [9.17, 15) is 4.39 Å². The highest BCUT2D eigenvalue weighted by Crippen LogP contribution is 2.33. The summed E-state index contributed by atoms with van der Waals surface area (Å²) < 4.78 is 16.0. The molecule has 6 heteroatoms. The molecule has 0 amide bonds. The van der Waals surface area contributed by atoms with Crippen LogP contribution in [-0.4, -0.2) is 21.3 Å². The van der Waals surface area contributed by atoms with E-state index in [2.05, 4.69) is 22.4 Å². The number of aromatic nitrogens is 3. The van der Waals surface area contributed by atoms with Gasteiger partial charge >= 0.3 is 0 Å². The van der Waals surface area contributed by atoms with Crippen LogP contribution in [0.1, 0.15) is 31.9 Å². The summed E-state index contributed by atoms with van der Waals surface area (Å²) in [6.07, 6.45) is 2.66. The highest BCUT2D eigenvalue weighted by Gasteiger charge is 2.17. The highest BCUT2D eigenvalue weighted by molar-refractivity contribution is 7.99. The van der Waals surface area contributed by atoms with Gasteiger partial charge in [0.15, 0.2) is 5.16 Å². The molecular weight excluding hydrogens is 275 g/mol. The van der Waals surface area contributed by atoms with Crippen LogP contribution in [0.15, 0.2) is 34.6 Å². The standard InChI is InChI=1S/C14H19FN4S/c1-4-8-16-10(2)13-11(15)6-5-7-12(13)20-14-18-17-9-19(14)3/h5-7,9-10,16H,4,8H2,1-3H3. The summed E-state index contributed by atoms with van der Waals surface area (Å²) in [4.78, 5) is 0.872. The van der Waals surface area contributed by atoms with E-state index < -0.39 is 0 Å². The SMILES string of the molecule is CCCNC(C)c1c(F)cccc1Sc1nncn1C. The number of benzene rings is 1. The van der Waals surface area contributed by atoms with E-state index in [0.29, 0.717) is 5.56 Å². The van der Waals surface area contributed by atoms with Gasteiger partial charge in [0.05, 0.1) is 0 Å². The summed E-state index contributed by atoms with van der Waals surface area (Å²) >= 11 is 1.43. The fourth-order valence-electron chi connectivity index (χ4n) is 1.95. The van der Waals surface area contributed by atoms with Gasteiger partial charge in [-0.25, -0.2) is 4.39 Å². The molecule has 1 aromatic heterocycles. The fourth-order valence-corrected chi connectivity index (χ4v) is 2.96. The van der Waals surface area contributed by atoms with E-state index in [0.717, 1.165) is 23.0 Å². The molecule has 1 heterocycles. The molecule has 0 aliphatic rings. The molecule has 0 fully saturated rings. The van der Waals surface area contributed by atoms with Crippen LogP contribution >= 0.6 is 11.8 Å². The number of rotatable bonds is 6. The molecule has 2 rings (SSSR count). The number of aryl methyl sites for hydroxylation is 1. The second-order valence-corrected chi connectivity index (χ2v) is 5.66. The monoisotopic (exact) mass is 294 g/mol. The second kappa shape index (κ2) is 6.85. The maximum absolute atomic E-state index is 14.2. The maximum atomic E-state index is 14.2. The van der Waals surface area contributed by atoms with Crippen molar-refractivity contribution < 1.29 is 4.39 Å². The Morgan fingerprint density at radius 2 is 2.25 bits per heavy atom. The number of hydrogen-bond acceptors (Lipinski definition) is 4. The third-order valence-corrected chi connectivity index (χ3v) is 4.15. The van der Waals surface area contributed by atoms with Gasteiger partial charge in [0.25, 0.3) is 0 Å². The molecule has 2 aromatic rings. The summed E-state index contributed by atoms with van der Waals surface area (Å²) in [7, 11) is 1.88. The van der Waals surface area contributed by atoms with Crippen LogP contribution < -0.4 is 5.32 Å². The van der Waals surface area contributed by atoms with Gasteiger partial charge in [0.2, 0.25) is 0 Å². The van der Waals surface area contributed by atoms with Gasteiger partial charge in [0, 0.05) is 23.5 Å². The van der Waals surface area contributed by atoms with E-state index in [1.165, 1.54) is 17.8 Å². The molecule has 20 heavy (non-hydrogen) atoms. The summed E-state index contributed by atoms with van der Waals surface area (Å²) in [5.74, 6) is -0.187. The van der Waals surface area contributed by atoms with Crippen molar-refractivity contribution in [1.82, 2.24) is 20.1 Å². The molecule has 1 aromatic carbocycles. The fraction of sp³-hybridized carbons (Fsp3) is 0.429. The van der Waals surface area contributed by atoms with Crippen molar-refractivity contribution in [3.63, 3.8) is 0 Å². The Labute approximate surface area is 122 Å². The van der Waals surface area contributed by atoms with Gasteiger partial charge in [-0.3, -0.25) is 0 Å². The Morgan fingerprint density at radius 3 is 2.90 bits per heavy atom. The lowest BCUT2D eigenvalue weighted by Crippen LogP contribution is -2.21. The Morgan fingerprint density at radius 1 is 1.45 bits per heavy atom. The smallest absolute Gasteiger partial charge is 0.195 e. The van der Waals surface area contributed by atoms with Crippen molar-refractivity contribution in [3.05, 3.63) is 35.9 Å². The van der Waals surface area contributed by atoms with Crippen LogP contribution in [0.3, 0.4) is 0 Å². The Kier molecular flexibility index (Phi) is 5.14. The molecule has 0 bridgehead atoms. The molecule has 1 N–H and O–H groups in total. The summed E-state index contributed by atoms with van der Waals surface area (Å²) in [5.41, 5.74) is 0.689. The molecule has 0 saturated carbocycles. The third kappa shape index (κ3) is 3.37. The molecule has 1 atom stereocenters. The largest absolute Gasteiger partial charge is 0.311 e. The van der Waals surface area contributed by atoms with E-state index >= 15 is 0 Å². The predicted octanol–water partition coefficient (Wildman–Crippen LogP) is 3.17. The number of nitrogens with zero attached hydrogens (tertiary/aromatic N) is 3. The van der Waals surface area contributed by atoms with Gasteiger partial charge < -0.3 is 9.88 Å². The van der Waals surface area contributed by atoms with Crippen molar-refractivity contribution in [2.45, 2.75) is 36.4 Å². The zero-order valence-corrected chi connectivity index (χ0v) is 12.7. The van der Waals surface area contributed by atoms with Crippen molar-refractivity contribution >= 4 is 11.8 Å². The summed E-state index contributed by atoms with van der Waals surface area (Å²) in [6, 6.07) is 5.11. The minimum Gasteiger partial charge on any atom is -0.311 e. The maximum Gasteiger partial charge on any atom is 0.195 e. The molecular formula is C14H19FN4S. The lowest BCUT2D eigenvalue weighted by atomic mass is 10.1. The first-order chi connectivity index (χ1) is 9.63. The molecule has 1 unspecified atom stereocenters. The van der Waals surface area contributed by atoms with Crippen molar-refractivity contribution in [1.29, 1.82) is 0 Å². The van der Waals surface area contributed by atoms with Crippen LogP contribution in [0.2, 0.25) is 0 Å². The van der Waals surface area contributed by atoms with E-state index in [1.807, 2.05) is 24.6 Å². The van der Waals surface area contributed by atoms with Gasteiger partial charge in [-0.05, 0) is 43.8 Å². The third-order valence-electron chi connectivity index (χ3n) is 3.02. The van der Waals surface area contributed by atoms with Gasteiger partial charge in [0.1, 0.15) is 12.1 Å². The first kappa shape index (κ1) is 15.0. The average molecular weight is 294 g/mol. The Bertz CT molecular complexity index is 570. The minimum absolute atomic E-state index is 0.0353. The predicted molar refractivity (Wildman–Crippen MR) is 78.2 cm³/mol. The van der Waals surface area contributed by atoms with Gasteiger partial charge in [-0.2, -0.15) is 0 Å². The first-order valence-electron chi connectivity index (χ1n) is 6.67. The molecule has 0 radical (unpaired) electrons. The zero-order valence-electron chi connectivity index (χ0n) is 11.9. The number of hydrogen-bond donors (Lipinski definition) is 1. The normalized spacial score (nSPS) is 12.6.